The van der Waals surface area contributed by atoms with Crippen molar-refractivity contribution in [3.05, 3.63) is 30.0 Å². The molecule has 1 aliphatic rings. The summed E-state index contributed by atoms with van der Waals surface area (Å²) in [5.41, 5.74) is 1.79. The molecule has 1 aromatic carbocycles. The van der Waals surface area contributed by atoms with Crippen molar-refractivity contribution < 1.29 is 5.11 Å². The van der Waals surface area contributed by atoms with E-state index in [4.69, 9.17) is 0 Å². The highest BCUT2D eigenvalue weighted by Gasteiger charge is 2.25. The molecule has 1 aliphatic carbocycles. The zero-order valence-electron chi connectivity index (χ0n) is 11.1. The van der Waals surface area contributed by atoms with Crippen LogP contribution in [0.1, 0.15) is 25.0 Å². The number of aliphatic hydroxyl groups is 1. The third kappa shape index (κ3) is 2.30. The maximum absolute atomic E-state index is 9.87. The molecule has 2 aromatic rings. The largest absolute Gasteiger partial charge is 0.393 e. The molecule has 1 saturated carbocycles. The Morgan fingerprint density at radius 2 is 2.15 bits per heavy atom. The highest BCUT2D eigenvalue weighted by atomic mass is 16.3. The summed E-state index contributed by atoms with van der Waals surface area (Å²) < 4.78 is 0. The summed E-state index contributed by atoms with van der Waals surface area (Å²) in [5, 5.41) is 31.2. The minimum Gasteiger partial charge on any atom is -0.393 e. The monoisotopic (exact) mass is 268 g/mol. The Hall–Kier alpha value is -2.19. The van der Waals surface area contributed by atoms with Crippen LogP contribution in [0.15, 0.2) is 24.3 Å². The minimum atomic E-state index is -0.242. The summed E-state index contributed by atoms with van der Waals surface area (Å²) in [4.78, 5) is 0. The summed E-state index contributed by atoms with van der Waals surface area (Å²) in [5.74, 6) is 0.244. The minimum absolute atomic E-state index is 0.242. The van der Waals surface area contributed by atoms with Crippen molar-refractivity contribution in [2.45, 2.75) is 25.4 Å². The van der Waals surface area contributed by atoms with Crippen molar-refractivity contribution in [3.8, 4) is 6.07 Å². The Kier molecular flexibility index (Phi) is 3.48. The van der Waals surface area contributed by atoms with Gasteiger partial charge in [0.25, 0.3) is 0 Å². The maximum Gasteiger partial charge on any atom is 0.186 e. The van der Waals surface area contributed by atoms with Gasteiger partial charge in [0.15, 0.2) is 5.69 Å². The van der Waals surface area contributed by atoms with E-state index in [1.807, 2.05) is 24.3 Å². The molecule has 0 saturated heterocycles. The van der Waals surface area contributed by atoms with Crippen LogP contribution >= 0.6 is 0 Å². The fraction of sp³-hybridized carbons (Fsp3) is 0.400. The van der Waals surface area contributed by atoms with Gasteiger partial charge in [0.1, 0.15) is 6.07 Å². The number of hydrogen-bond donors (Lipinski definition) is 2. The summed E-state index contributed by atoms with van der Waals surface area (Å²) in [6.07, 6.45) is 2.71. The number of nitriles is 1. The molecule has 5 heteroatoms. The molecule has 5 nitrogen and oxygen atoms in total. The number of hydrogen-bond acceptors (Lipinski definition) is 5. The van der Waals surface area contributed by atoms with Crippen molar-refractivity contribution in [1.29, 1.82) is 5.26 Å². The molecule has 1 fully saturated rings. The van der Waals surface area contributed by atoms with Crippen LogP contribution < -0.4 is 5.32 Å². The van der Waals surface area contributed by atoms with Crippen LogP contribution in [0.5, 0.6) is 0 Å². The van der Waals surface area contributed by atoms with E-state index < -0.39 is 0 Å². The molecule has 2 N–H and O–H groups in total. The van der Waals surface area contributed by atoms with E-state index >= 15 is 0 Å². The van der Waals surface area contributed by atoms with Crippen LogP contribution in [0.4, 0.5) is 5.69 Å². The first-order valence-corrected chi connectivity index (χ1v) is 6.87. The molecule has 2 atom stereocenters. The zero-order valence-corrected chi connectivity index (χ0v) is 11.1. The molecule has 20 heavy (non-hydrogen) atoms. The van der Waals surface area contributed by atoms with Crippen LogP contribution in [0.2, 0.25) is 0 Å². The van der Waals surface area contributed by atoms with Crippen molar-refractivity contribution >= 4 is 16.6 Å². The highest BCUT2D eigenvalue weighted by molar-refractivity contribution is 5.92. The second kappa shape index (κ2) is 5.43. The maximum atomic E-state index is 9.87. The molecule has 1 heterocycles. The topological polar surface area (TPSA) is 81.8 Å². The van der Waals surface area contributed by atoms with E-state index in [-0.39, 0.29) is 12.0 Å². The van der Waals surface area contributed by atoms with E-state index in [2.05, 4.69) is 21.6 Å². The lowest BCUT2D eigenvalue weighted by Gasteiger charge is -2.17. The number of rotatable bonds is 3. The molecule has 0 bridgehead atoms. The van der Waals surface area contributed by atoms with Crippen LogP contribution in [0.25, 0.3) is 10.9 Å². The Labute approximate surface area is 117 Å². The van der Waals surface area contributed by atoms with Gasteiger partial charge in [0.2, 0.25) is 0 Å². The summed E-state index contributed by atoms with van der Waals surface area (Å²) >= 11 is 0. The van der Waals surface area contributed by atoms with E-state index in [1.165, 1.54) is 0 Å². The quantitative estimate of drug-likeness (QED) is 0.890. The van der Waals surface area contributed by atoms with Gasteiger partial charge in [-0.25, -0.2) is 0 Å². The number of anilines is 1. The van der Waals surface area contributed by atoms with Gasteiger partial charge in [0.05, 0.1) is 17.3 Å². The summed E-state index contributed by atoms with van der Waals surface area (Å²) in [6, 6.07) is 9.69. The molecular weight excluding hydrogens is 252 g/mol. The highest BCUT2D eigenvalue weighted by Crippen LogP contribution is 2.28. The molecule has 0 aliphatic heterocycles. The fourth-order valence-electron chi connectivity index (χ4n) is 2.80. The Morgan fingerprint density at radius 3 is 2.90 bits per heavy atom. The average molecular weight is 268 g/mol. The second-order valence-electron chi connectivity index (χ2n) is 5.19. The molecule has 0 spiro atoms. The van der Waals surface area contributed by atoms with Gasteiger partial charge < -0.3 is 10.4 Å². The molecule has 2 unspecified atom stereocenters. The van der Waals surface area contributed by atoms with Gasteiger partial charge in [-0.05, 0) is 18.9 Å². The Bertz CT molecular complexity index is 664. The molecule has 0 amide bonds. The van der Waals surface area contributed by atoms with Gasteiger partial charge in [-0.1, -0.05) is 24.6 Å². The number of nitrogens with zero attached hydrogens (tertiary/aromatic N) is 3. The zero-order chi connectivity index (χ0) is 13.9. The molecule has 3 rings (SSSR count). The second-order valence-corrected chi connectivity index (χ2v) is 5.19. The number of aromatic nitrogens is 2. The SMILES string of the molecule is N#Cc1nnc2ccccc2c1NCC1CCCC1O. The molecule has 1 aromatic heterocycles. The average Bonchev–Trinajstić information content (AvgIpc) is 2.90. The predicted octanol–water partition coefficient (Wildman–Crippen LogP) is 2.07. The molecule has 102 valence electrons. The van der Waals surface area contributed by atoms with Crippen molar-refractivity contribution in [2.75, 3.05) is 11.9 Å². The van der Waals surface area contributed by atoms with Crippen molar-refractivity contribution in [1.82, 2.24) is 10.2 Å². The standard InChI is InChI=1S/C15H16N4O/c16-8-13-15(17-9-10-4-3-7-14(10)20)11-5-1-2-6-12(11)18-19-13/h1-2,5-6,10,14,20H,3-4,7,9H2,(H,17,18). The summed E-state index contributed by atoms with van der Waals surface area (Å²) in [6.45, 7) is 0.658. The van der Waals surface area contributed by atoms with Crippen molar-refractivity contribution in [3.63, 3.8) is 0 Å². The van der Waals surface area contributed by atoms with Crippen LogP contribution in [-0.4, -0.2) is 28.0 Å². The lowest BCUT2D eigenvalue weighted by Crippen LogP contribution is -2.22. The first-order valence-electron chi connectivity index (χ1n) is 6.87. The van der Waals surface area contributed by atoms with Gasteiger partial charge in [-0.15, -0.1) is 10.2 Å². The van der Waals surface area contributed by atoms with E-state index in [1.54, 1.807) is 0 Å². The normalized spacial score (nSPS) is 21.8. The smallest absolute Gasteiger partial charge is 0.186 e. The van der Waals surface area contributed by atoms with Gasteiger partial charge >= 0.3 is 0 Å². The molecular formula is C15H16N4O. The van der Waals surface area contributed by atoms with Gasteiger partial charge in [0, 0.05) is 17.8 Å². The Balaban J connectivity index is 1.91. The molecule has 0 radical (unpaired) electrons. The van der Waals surface area contributed by atoms with Crippen molar-refractivity contribution in [2.24, 2.45) is 5.92 Å². The number of nitrogens with one attached hydrogen (secondary N) is 1. The Morgan fingerprint density at radius 1 is 1.30 bits per heavy atom. The third-order valence-corrected chi connectivity index (χ3v) is 3.93. The van der Waals surface area contributed by atoms with E-state index in [0.717, 1.165) is 35.9 Å². The first-order chi connectivity index (χ1) is 9.79. The van der Waals surface area contributed by atoms with Crippen LogP contribution in [-0.2, 0) is 0 Å². The van der Waals surface area contributed by atoms with Crippen LogP contribution in [0, 0.1) is 17.2 Å². The van der Waals surface area contributed by atoms with Gasteiger partial charge in [-0.2, -0.15) is 5.26 Å². The van der Waals surface area contributed by atoms with E-state index in [0.29, 0.717) is 12.2 Å². The third-order valence-electron chi connectivity index (χ3n) is 3.93. The lowest BCUT2D eigenvalue weighted by atomic mass is 10.1. The number of aliphatic hydroxyl groups excluding tert-OH is 1. The van der Waals surface area contributed by atoms with Gasteiger partial charge in [-0.3, -0.25) is 0 Å². The van der Waals surface area contributed by atoms with E-state index in [9.17, 15) is 10.4 Å². The lowest BCUT2D eigenvalue weighted by molar-refractivity contribution is 0.138. The summed E-state index contributed by atoms with van der Waals surface area (Å²) in [7, 11) is 0. The predicted molar refractivity (Wildman–Crippen MR) is 76.1 cm³/mol. The van der Waals surface area contributed by atoms with Crippen LogP contribution in [0.3, 0.4) is 0 Å². The number of benzene rings is 1. The first kappa shape index (κ1) is 12.8. The number of fused-ring (bicyclic) bond motifs is 1. The fourth-order valence-corrected chi connectivity index (χ4v) is 2.80.